The number of aryl methyl sites for hydroxylation is 1. The molecular formula is C52H44O9. The quantitative estimate of drug-likeness (QED) is 0.0484. The van der Waals surface area contributed by atoms with E-state index in [0.29, 0.717) is 12.8 Å². The maximum atomic E-state index is 15.4. The van der Waals surface area contributed by atoms with Crippen LogP contribution < -0.4 is 14.2 Å². The number of carbonyl (C=O) groups is 3. The Kier molecular flexibility index (Phi) is 14.2. The molecule has 0 radical (unpaired) electrons. The van der Waals surface area contributed by atoms with Crippen molar-refractivity contribution in [1.82, 2.24) is 0 Å². The molecule has 7 aromatic carbocycles. The van der Waals surface area contributed by atoms with Gasteiger partial charge in [-0.2, -0.15) is 0 Å². The Labute approximate surface area is 354 Å². The second-order valence-corrected chi connectivity index (χ2v) is 14.1. The molecule has 9 nitrogen and oxygen atoms in total. The number of ether oxygens (including phenoxy) is 5. The van der Waals surface area contributed by atoms with Gasteiger partial charge in [-0.1, -0.05) is 140 Å². The van der Waals surface area contributed by atoms with Crippen LogP contribution in [0.2, 0.25) is 0 Å². The molecule has 0 saturated carbocycles. The zero-order chi connectivity index (χ0) is 42.2. The molecule has 61 heavy (non-hydrogen) atoms. The zero-order valence-electron chi connectivity index (χ0n) is 33.4. The van der Waals surface area contributed by atoms with E-state index in [2.05, 4.69) is 0 Å². The van der Waals surface area contributed by atoms with Crippen molar-refractivity contribution in [2.75, 3.05) is 6.61 Å². The van der Waals surface area contributed by atoms with E-state index in [0.717, 1.165) is 27.8 Å². The average molecular weight is 813 g/mol. The fourth-order valence-electron chi connectivity index (χ4n) is 6.53. The van der Waals surface area contributed by atoms with Gasteiger partial charge in [0.1, 0.15) is 55.0 Å². The van der Waals surface area contributed by atoms with Crippen molar-refractivity contribution in [2.24, 2.45) is 0 Å². The molecule has 9 heteroatoms. The SMILES string of the molecule is O=C(OCCCc1ccc(O)cc1)c1cc(OCc2ccccc2)c(C(=O)c2c(OCc3ccccc3)cccc2C(=O)OCc2ccccc2)c(OCc2ccccc2)c1. The number of phenols is 1. The van der Waals surface area contributed by atoms with Crippen LogP contribution in [0.3, 0.4) is 0 Å². The van der Waals surface area contributed by atoms with Crippen LogP contribution in [0.25, 0.3) is 0 Å². The van der Waals surface area contributed by atoms with Crippen LogP contribution in [0.15, 0.2) is 176 Å². The van der Waals surface area contributed by atoms with E-state index in [1.165, 1.54) is 18.2 Å². The Bertz CT molecular complexity index is 2460. The van der Waals surface area contributed by atoms with E-state index >= 15 is 4.79 Å². The summed E-state index contributed by atoms with van der Waals surface area (Å²) in [6, 6.07) is 52.1. The van der Waals surface area contributed by atoms with Crippen LogP contribution in [0.4, 0.5) is 0 Å². The first-order valence-electron chi connectivity index (χ1n) is 19.9. The molecule has 0 spiro atoms. The van der Waals surface area contributed by atoms with Gasteiger partial charge < -0.3 is 28.8 Å². The second-order valence-electron chi connectivity index (χ2n) is 14.1. The van der Waals surface area contributed by atoms with Crippen LogP contribution in [0, 0.1) is 0 Å². The minimum Gasteiger partial charge on any atom is -0.508 e. The van der Waals surface area contributed by atoms with Crippen molar-refractivity contribution >= 4 is 17.7 Å². The highest BCUT2D eigenvalue weighted by Gasteiger charge is 2.31. The van der Waals surface area contributed by atoms with Crippen molar-refractivity contribution in [2.45, 2.75) is 39.3 Å². The molecule has 0 heterocycles. The highest BCUT2D eigenvalue weighted by atomic mass is 16.5. The monoisotopic (exact) mass is 812 g/mol. The van der Waals surface area contributed by atoms with Gasteiger partial charge in [0.25, 0.3) is 0 Å². The van der Waals surface area contributed by atoms with Gasteiger partial charge in [-0.15, -0.1) is 0 Å². The molecule has 0 unspecified atom stereocenters. The third kappa shape index (κ3) is 11.5. The van der Waals surface area contributed by atoms with Crippen LogP contribution in [0.5, 0.6) is 23.0 Å². The lowest BCUT2D eigenvalue weighted by Crippen LogP contribution is -2.17. The molecule has 7 aromatic rings. The molecule has 0 fully saturated rings. The number of rotatable bonds is 19. The minimum absolute atomic E-state index is 0.0216. The normalized spacial score (nSPS) is 10.7. The van der Waals surface area contributed by atoms with E-state index in [4.69, 9.17) is 23.7 Å². The van der Waals surface area contributed by atoms with Gasteiger partial charge >= 0.3 is 11.9 Å². The molecule has 0 bridgehead atoms. The Morgan fingerprint density at radius 1 is 0.426 bits per heavy atom. The number of hydrogen-bond acceptors (Lipinski definition) is 9. The number of carbonyl (C=O) groups excluding carboxylic acids is 3. The van der Waals surface area contributed by atoms with Crippen LogP contribution in [-0.4, -0.2) is 29.4 Å². The van der Waals surface area contributed by atoms with Gasteiger partial charge in [-0.3, -0.25) is 4.79 Å². The Hall–Kier alpha value is -7.65. The van der Waals surface area contributed by atoms with Crippen molar-refractivity contribution in [3.63, 3.8) is 0 Å². The van der Waals surface area contributed by atoms with Gasteiger partial charge in [0.05, 0.1) is 23.3 Å². The first-order chi connectivity index (χ1) is 29.9. The molecule has 7 rings (SSSR count). The standard InChI is InChI=1S/C52H44O9/c53-43-28-26-37(27-29-43)23-14-30-57-51(55)42-31-46(59-34-39-17-7-2-8-18-39)49(47(32-42)60-35-40-19-9-3-10-20-40)50(54)48-44(52(56)61-36-41-21-11-4-12-22-41)24-13-25-45(48)58-33-38-15-5-1-6-16-38/h1-13,15-22,24-29,31-32,53H,14,23,30,33-36H2. The number of phenolic OH excluding ortho intramolecular Hbond substituents is 1. The molecule has 0 aliphatic rings. The summed E-state index contributed by atoms with van der Waals surface area (Å²) >= 11 is 0. The smallest absolute Gasteiger partial charge is 0.339 e. The third-order valence-corrected chi connectivity index (χ3v) is 9.71. The zero-order valence-corrected chi connectivity index (χ0v) is 33.4. The van der Waals surface area contributed by atoms with E-state index in [1.54, 1.807) is 24.3 Å². The molecule has 0 aliphatic carbocycles. The second kappa shape index (κ2) is 20.9. The topological polar surface area (TPSA) is 118 Å². The minimum atomic E-state index is -0.733. The summed E-state index contributed by atoms with van der Waals surface area (Å²) in [4.78, 5) is 43.2. The van der Waals surface area contributed by atoms with Gasteiger partial charge in [-0.05, 0) is 77.1 Å². The van der Waals surface area contributed by atoms with Gasteiger partial charge in [0, 0.05) is 0 Å². The van der Waals surface area contributed by atoms with Crippen LogP contribution in [0.1, 0.15) is 70.9 Å². The molecule has 0 aliphatic heterocycles. The molecule has 0 aromatic heterocycles. The van der Waals surface area contributed by atoms with E-state index < -0.39 is 17.7 Å². The van der Waals surface area contributed by atoms with Crippen molar-refractivity contribution < 1.29 is 43.2 Å². The molecule has 0 saturated heterocycles. The number of ketones is 1. The number of hydrogen-bond donors (Lipinski definition) is 1. The Balaban J connectivity index is 1.28. The van der Waals surface area contributed by atoms with E-state index in [9.17, 15) is 14.7 Å². The predicted molar refractivity (Wildman–Crippen MR) is 231 cm³/mol. The molecule has 0 amide bonds. The van der Waals surface area contributed by atoms with E-state index in [-0.39, 0.29) is 78.3 Å². The van der Waals surface area contributed by atoms with Gasteiger partial charge in [-0.25, -0.2) is 9.59 Å². The lowest BCUT2D eigenvalue weighted by molar-refractivity contribution is 0.0467. The molecule has 0 atom stereocenters. The van der Waals surface area contributed by atoms with Crippen molar-refractivity contribution in [1.29, 1.82) is 0 Å². The predicted octanol–water partition coefficient (Wildman–Crippen LogP) is 10.5. The summed E-state index contributed by atoms with van der Waals surface area (Å²) in [6.07, 6.45) is 1.16. The van der Waals surface area contributed by atoms with Crippen LogP contribution in [-0.2, 0) is 42.3 Å². The van der Waals surface area contributed by atoms with E-state index in [1.807, 2.05) is 133 Å². The highest BCUT2D eigenvalue weighted by Crippen LogP contribution is 2.38. The summed E-state index contributed by atoms with van der Waals surface area (Å²) in [5, 5.41) is 9.64. The summed E-state index contributed by atoms with van der Waals surface area (Å²) in [7, 11) is 0. The maximum Gasteiger partial charge on any atom is 0.339 e. The fourth-order valence-corrected chi connectivity index (χ4v) is 6.53. The number of esters is 2. The fraction of sp³-hybridized carbons (Fsp3) is 0.135. The Morgan fingerprint density at radius 2 is 0.902 bits per heavy atom. The lowest BCUT2D eigenvalue weighted by atomic mass is 9.94. The maximum absolute atomic E-state index is 15.4. The number of aromatic hydroxyl groups is 1. The van der Waals surface area contributed by atoms with Gasteiger partial charge in [0.2, 0.25) is 5.78 Å². The molecule has 1 N–H and O–H groups in total. The summed E-state index contributed by atoms with van der Waals surface area (Å²) in [5.41, 5.74) is 4.23. The summed E-state index contributed by atoms with van der Waals surface area (Å²) in [5.74, 6) is -1.62. The number of benzene rings is 7. The van der Waals surface area contributed by atoms with Gasteiger partial charge in [0.15, 0.2) is 0 Å². The Morgan fingerprint density at radius 3 is 1.41 bits per heavy atom. The van der Waals surface area contributed by atoms with Crippen LogP contribution >= 0.6 is 0 Å². The average Bonchev–Trinajstić information content (AvgIpc) is 3.31. The molecule has 306 valence electrons. The third-order valence-electron chi connectivity index (χ3n) is 9.71. The van der Waals surface area contributed by atoms with Crippen molar-refractivity contribution in [3.8, 4) is 23.0 Å². The lowest BCUT2D eigenvalue weighted by Gasteiger charge is -2.20. The summed E-state index contributed by atoms with van der Waals surface area (Å²) < 4.78 is 30.7. The highest BCUT2D eigenvalue weighted by molar-refractivity contribution is 6.19. The summed E-state index contributed by atoms with van der Waals surface area (Å²) in [6.45, 7) is 0.285. The first kappa shape index (κ1) is 41.5. The molecular weight excluding hydrogens is 769 g/mol. The largest absolute Gasteiger partial charge is 0.508 e. The van der Waals surface area contributed by atoms with Crippen molar-refractivity contribution in [3.05, 3.63) is 226 Å². The first-order valence-corrected chi connectivity index (χ1v) is 19.9.